The lowest BCUT2D eigenvalue weighted by Crippen LogP contribution is -1.47. The minimum atomic E-state index is 0. The number of rotatable bonds is 0. The normalized spacial score (nSPS) is 5.60. The first-order chi connectivity index (χ1) is 4.41. The van der Waals surface area contributed by atoms with Crippen LogP contribution in [0.2, 0.25) is 0 Å². The molecule has 0 fully saturated rings. The van der Waals surface area contributed by atoms with Crippen LogP contribution >= 0.6 is 12.4 Å². The van der Waals surface area contributed by atoms with Crippen LogP contribution in [0.25, 0.3) is 0 Å². The second-order valence-corrected chi connectivity index (χ2v) is 1.38. The van der Waals surface area contributed by atoms with Crippen molar-refractivity contribution in [2.45, 2.75) is 6.92 Å². The van der Waals surface area contributed by atoms with Gasteiger partial charge in [0.1, 0.15) is 0 Å². The van der Waals surface area contributed by atoms with Crippen molar-refractivity contribution in [2.24, 2.45) is 0 Å². The number of hydrogen-bond acceptors (Lipinski definition) is 1. The zero-order valence-corrected chi connectivity index (χ0v) is 6.64. The number of nitrogens with zero attached hydrogens (tertiary/aromatic N) is 1. The van der Waals surface area contributed by atoms with Gasteiger partial charge in [0.15, 0.2) is 0 Å². The fraction of sp³-hybridized carbons (Fsp3) is 0.125. The van der Waals surface area contributed by atoms with Crippen molar-refractivity contribution in [1.29, 1.82) is 5.26 Å². The Bertz CT molecular complexity index is 140. The van der Waals surface area contributed by atoms with Crippen molar-refractivity contribution in [3.05, 3.63) is 36.4 Å². The fourth-order valence-corrected chi connectivity index (χ4v) is 0.385. The molecule has 0 unspecified atom stereocenters. The van der Waals surface area contributed by atoms with Crippen LogP contribution in [0.15, 0.2) is 36.4 Å². The molecule has 0 N–H and O–H groups in total. The quantitative estimate of drug-likeness (QED) is 0.565. The van der Waals surface area contributed by atoms with E-state index in [-0.39, 0.29) is 12.4 Å². The molecule has 1 rings (SSSR count). The summed E-state index contributed by atoms with van der Waals surface area (Å²) >= 11 is 0. The molecule has 0 aliphatic heterocycles. The molecule has 1 nitrogen and oxygen atoms in total. The van der Waals surface area contributed by atoms with E-state index in [0.29, 0.717) is 0 Å². The zero-order valence-electron chi connectivity index (χ0n) is 5.82. The molecule has 0 saturated heterocycles. The monoisotopic (exact) mass is 155 g/mol. The smallest absolute Gasteiger partial charge is 0.0587 e. The molecular formula is C8H10ClN. The van der Waals surface area contributed by atoms with Crippen LogP contribution in [0, 0.1) is 11.3 Å². The van der Waals surface area contributed by atoms with Gasteiger partial charge in [0.25, 0.3) is 0 Å². The van der Waals surface area contributed by atoms with E-state index in [1.165, 1.54) is 6.92 Å². The molecule has 10 heavy (non-hydrogen) atoms. The highest BCUT2D eigenvalue weighted by molar-refractivity contribution is 5.85. The molecule has 0 atom stereocenters. The summed E-state index contributed by atoms with van der Waals surface area (Å²) in [6, 6.07) is 13.8. The third-order valence-electron chi connectivity index (χ3n) is 0.667. The lowest BCUT2D eigenvalue weighted by Gasteiger charge is -1.69. The minimum absolute atomic E-state index is 0. The molecule has 2 heteroatoms. The van der Waals surface area contributed by atoms with E-state index >= 15 is 0 Å². The summed E-state index contributed by atoms with van der Waals surface area (Å²) in [5, 5.41) is 7.32. The largest absolute Gasteiger partial charge is 0.199 e. The maximum absolute atomic E-state index is 7.32. The van der Waals surface area contributed by atoms with Gasteiger partial charge in [-0.25, -0.2) is 0 Å². The Labute approximate surface area is 67.7 Å². The molecular weight excluding hydrogens is 146 g/mol. The molecule has 0 aromatic heterocycles. The van der Waals surface area contributed by atoms with Gasteiger partial charge < -0.3 is 0 Å². The summed E-state index contributed by atoms with van der Waals surface area (Å²) in [6.07, 6.45) is 0. The van der Waals surface area contributed by atoms with Gasteiger partial charge in [0.05, 0.1) is 6.07 Å². The van der Waals surface area contributed by atoms with Crippen molar-refractivity contribution in [1.82, 2.24) is 0 Å². The summed E-state index contributed by atoms with van der Waals surface area (Å²) in [6.45, 7) is 1.43. The zero-order chi connectivity index (χ0) is 6.95. The molecule has 1 aromatic rings. The third kappa shape index (κ3) is 10.1. The average Bonchev–Trinajstić information content (AvgIpc) is 1.93. The molecule has 0 bridgehead atoms. The average molecular weight is 156 g/mol. The van der Waals surface area contributed by atoms with E-state index in [9.17, 15) is 0 Å². The molecule has 0 saturated carbocycles. The molecule has 0 amide bonds. The predicted molar refractivity (Wildman–Crippen MR) is 45.0 cm³/mol. The van der Waals surface area contributed by atoms with Crippen molar-refractivity contribution in [2.75, 3.05) is 0 Å². The van der Waals surface area contributed by atoms with Crippen molar-refractivity contribution >= 4 is 12.4 Å². The Morgan fingerprint density at radius 3 is 1.10 bits per heavy atom. The Hall–Kier alpha value is -1.00. The van der Waals surface area contributed by atoms with Crippen molar-refractivity contribution in [3.8, 4) is 6.07 Å². The van der Waals surface area contributed by atoms with Crippen LogP contribution in [0.4, 0.5) is 0 Å². The maximum atomic E-state index is 7.32. The number of nitriles is 1. The molecule has 0 aliphatic rings. The fourth-order valence-electron chi connectivity index (χ4n) is 0.385. The van der Waals surface area contributed by atoms with E-state index < -0.39 is 0 Å². The van der Waals surface area contributed by atoms with Crippen LogP contribution < -0.4 is 0 Å². The summed E-state index contributed by atoms with van der Waals surface area (Å²) in [7, 11) is 0. The summed E-state index contributed by atoms with van der Waals surface area (Å²) in [5.41, 5.74) is 0. The Kier molecular flexibility index (Phi) is 12.8. The van der Waals surface area contributed by atoms with Crippen molar-refractivity contribution < 1.29 is 0 Å². The standard InChI is InChI=1S/C6H6.C2H3N.ClH/c1-2-4-6-5-3-1;1-2-3;/h1-6H;1H3;1H. The van der Waals surface area contributed by atoms with Gasteiger partial charge in [0, 0.05) is 6.92 Å². The summed E-state index contributed by atoms with van der Waals surface area (Å²) < 4.78 is 0. The van der Waals surface area contributed by atoms with E-state index in [4.69, 9.17) is 5.26 Å². The van der Waals surface area contributed by atoms with E-state index in [0.717, 1.165) is 0 Å². The predicted octanol–water partition coefficient (Wildman–Crippen LogP) is 2.64. The molecule has 1 aromatic carbocycles. The van der Waals surface area contributed by atoms with E-state index in [1.807, 2.05) is 36.4 Å². The number of benzene rings is 1. The van der Waals surface area contributed by atoms with Gasteiger partial charge in [-0.15, -0.1) is 12.4 Å². The third-order valence-corrected chi connectivity index (χ3v) is 0.667. The molecule has 0 radical (unpaired) electrons. The summed E-state index contributed by atoms with van der Waals surface area (Å²) in [5.74, 6) is 0. The molecule has 0 spiro atoms. The first-order valence-electron chi connectivity index (χ1n) is 2.72. The SMILES string of the molecule is CC#N.Cl.c1ccccc1. The second kappa shape index (κ2) is 10.9. The Morgan fingerprint density at radius 1 is 0.900 bits per heavy atom. The Balaban J connectivity index is 0. The van der Waals surface area contributed by atoms with Gasteiger partial charge in [-0.3, -0.25) is 0 Å². The minimum Gasteiger partial charge on any atom is -0.199 e. The van der Waals surface area contributed by atoms with Crippen LogP contribution in [0.3, 0.4) is 0 Å². The van der Waals surface area contributed by atoms with Gasteiger partial charge in [-0.1, -0.05) is 36.4 Å². The lowest BCUT2D eigenvalue weighted by atomic mass is 10.4. The lowest BCUT2D eigenvalue weighted by molar-refractivity contribution is 1.49. The summed E-state index contributed by atoms with van der Waals surface area (Å²) in [4.78, 5) is 0. The highest BCUT2D eigenvalue weighted by atomic mass is 35.5. The van der Waals surface area contributed by atoms with E-state index in [1.54, 1.807) is 6.07 Å². The topological polar surface area (TPSA) is 23.8 Å². The van der Waals surface area contributed by atoms with Gasteiger partial charge in [0.2, 0.25) is 0 Å². The van der Waals surface area contributed by atoms with Gasteiger partial charge in [-0.05, 0) is 0 Å². The van der Waals surface area contributed by atoms with Crippen molar-refractivity contribution in [3.63, 3.8) is 0 Å². The van der Waals surface area contributed by atoms with E-state index in [2.05, 4.69) is 0 Å². The van der Waals surface area contributed by atoms with Crippen LogP contribution in [0.1, 0.15) is 6.92 Å². The highest BCUT2D eigenvalue weighted by Crippen LogP contribution is 1.79. The van der Waals surface area contributed by atoms with Crippen LogP contribution in [-0.2, 0) is 0 Å². The molecule has 54 valence electrons. The molecule has 0 aliphatic carbocycles. The molecule has 0 heterocycles. The number of halogens is 1. The van der Waals surface area contributed by atoms with Crippen LogP contribution in [0.5, 0.6) is 0 Å². The maximum Gasteiger partial charge on any atom is 0.0587 e. The second-order valence-electron chi connectivity index (χ2n) is 1.38. The van der Waals surface area contributed by atoms with Crippen LogP contribution in [-0.4, -0.2) is 0 Å². The highest BCUT2D eigenvalue weighted by Gasteiger charge is 1.57. The first-order valence-corrected chi connectivity index (χ1v) is 2.72. The van der Waals surface area contributed by atoms with Gasteiger partial charge in [-0.2, -0.15) is 5.26 Å². The first kappa shape index (κ1) is 11.8. The Morgan fingerprint density at radius 2 is 1.00 bits per heavy atom. The number of hydrogen-bond donors (Lipinski definition) is 0. The van der Waals surface area contributed by atoms with Gasteiger partial charge >= 0.3 is 0 Å².